The fourth-order valence-electron chi connectivity index (χ4n) is 3.07. The van der Waals surface area contributed by atoms with Crippen LogP contribution in [0.3, 0.4) is 0 Å². The van der Waals surface area contributed by atoms with Gasteiger partial charge >= 0.3 is 0 Å². The highest BCUT2D eigenvalue weighted by Gasteiger charge is 2.24. The van der Waals surface area contributed by atoms with Crippen LogP contribution in [0, 0.1) is 0 Å². The number of benzene rings is 1. The highest BCUT2D eigenvalue weighted by Crippen LogP contribution is 2.19. The lowest BCUT2D eigenvalue weighted by atomic mass is 10.1. The van der Waals surface area contributed by atoms with E-state index in [1.165, 1.54) is 18.6 Å². The summed E-state index contributed by atoms with van der Waals surface area (Å²) in [4.78, 5) is 36.7. The second-order valence-corrected chi connectivity index (χ2v) is 6.11. The van der Waals surface area contributed by atoms with Crippen LogP contribution < -0.4 is 4.74 Å². The molecule has 7 heteroatoms. The van der Waals surface area contributed by atoms with Crippen molar-refractivity contribution in [2.45, 2.75) is 12.8 Å². The normalized spacial score (nSPS) is 14.7. The van der Waals surface area contributed by atoms with Crippen molar-refractivity contribution in [2.24, 2.45) is 0 Å². The lowest BCUT2D eigenvalue weighted by Gasteiger charge is -2.22. The lowest BCUT2D eigenvalue weighted by Crippen LogP contribution is -2.38. The third-order valence-corrected chi connectivity index (χ3v) is 4.45. The molecule has 136 valence electrons. The maximum atomic E-state index is 12.7. The maximum absolute atomic E-state index is 12.7. The van der Waals surface area contributed by atoms with Crippen LogP contribution in [0.4, 0.5) is 0 Å². The van der Waals surface area contributed by atoms with Crippen LogP contribution in [0.5, 0.6) is 5.75 Å². The third kappa shape index (κ3) is 4.17. The summed E-state index contributed by atoms with van der Waals surface area (Å²) in [5.74, 6) is 0.621. The van der Waals surface area contributed by atoms with Gasteiger partial charge in [-0.15, -0.1) is 0 Å². The molecular weight excluding hydrogens is 332 g/mol. The molecule has 7 nitrogen and oxygen atoms in total. The molecule has 0 saturated carbocycles. The fraction of sp³-hybridized carbons (Fsp3) is 0.368. The van der Waals surface area contributed by atoms with Gasteiger partial charge in [0, 0.05) is 44.1 Å². The van der Waals surface area contributed by atoms with Crippen LogP contribution in [0.25, 0.3) is 0 Å². The molecule has 1 saturated heterocycles. The van der Waals surface area contributed by atoms with Crippen LogP contribution in [0.2, 0.25) is 0 Å². The second kappa shape index (κ2) is 8.42. The Labute approximate surface area is 152 Å². The van der Waals surface area contributed by atoms with E-state index in [1.807, 2.05) is 29.2 Å². The van der Waals surface area contributed by atoms with Crippen molar-refractivity contribution in [3.8, 4) is 5.75 Å². The van der Waals surface area contributed by atoms with Gasteiger partial charge < -0.3 is 14.5 Å². The Kier molecular flexibility index (Phi) is 5.78. The molecule has 0 radical (unpaired) electrons. The molecule has 1 aliphatic rings. The molecule has 1 aromatic heterocycles. The zero-order valence-corrected chi connectivity index (χ0v) is 14.8. The molecule has 1 aromatic carbocycles. The number of para-hydroxylation sites is 1. The zero-order chi connectivity index (χ0) is 18.4. The second-order valence-electron chi connectivity index (χ2n) is 6.11. The topological polar surface area (TPSA) is 75.6 Å². The van der Waals surface area contributed by atoms with Gasteiger partial charge in [-0.3, -0.25) is 14.6 Å². The minimum atomic E-state index is -0.142. The van der Waals surface area contributed by atoms with Gasteiger partial charge in [-0.25, -0.2) is 4.98 Å². The van der Waals surface area contributed by atoms with Gasteiger partial charge in [0.15, 0.2) is 0 Å². The molecule has 1 fully saturated rings. The van der Waals surface area contributed by atoms with Crippen LogP contribution in [0.1, 0.15) is 22.5 Å². The summed E-state index contributed by atoms with van der Waals surface area (Å²) < 4.78 is 5.32. The molecular formula is C19H22N4O3. The predicted octanol–water partition coefficient (Wildman–Crippen LogP) is 1.40. The minimum absolute atomic E-state index is 0.0447. The average molecular weight is 354 g/mol. The van der Waals surface area contributed by atoms with E-state index in [4.69, 9.17) is 4.74 Å². The molecule has 2 heterocycles. The fourth-order valence-corrected chi connectivity index (χ4v) is 3.07. The van der Waals surface area contributed by atoms with Crippen LogP contribution in [-0.4, -0.2) is 64.9 Å². The van der Waals surface area contributed by atoms with Crippen LogP contribution >= 0.6 is 0 Å². The first-order valence-electron chi connectivity index (χ1n) is 8.64. The molecule has 2 aromatic rings. The van der Waals surface area contributed by atoms with Crippen molar-refractivity contribution in [1.29, 1.82) is 0 Å². The molecule has 0 spiro atoms. The Morgan fingerprint density at radius 3 is 2.62 bits per heavy atom. The number of aromatic nitrogens is 2. The summed E-state index contributed by atoms with van der Waals surface area (Å²) in [7, 11) is 1.60. The van der Waals surface area contributed by atoms with Gasteiger partial charge in [-0.2, -0.15) is 0 Å². The number of rotatable bonds is 4. The SMILES string of the molecule is COc1ccccc1CC(=O)N1CCCN(C(=O)c2cnccn2)CC1. The summed E-state index contributed by atoms with van der Waals surface area (Å²) in [6, 6.07) is 7.54. The van der Waals surface area contributed by atoms with Gasteiger partial charge in [0.25, 0.3) is 5.91 Å². The summed E-state index contributed by atoms with van der Waals surface area (Å²) in [6.07, 6.45) is 5.55. The molecule has 2 amide bonds. The molecule has 0 N–H and O–H groups in total. The quantitative estimate of drug-likeness (QED) is 0.830. The van der Waals surface area contributed by atoms with Crippen molar-refractivity contribution >= 4 is 11.8 Å². The van der Waals surface area contributed by atoms with E-state index in [0.717, 1.165) is 17.7 Å². The number of carbonyl (C=O) groups is 2. The van der Waals surface area contributed by atoms with Crippen LogP contribution in [0.15, 0.2) is 42.9 Å². The number of amides is 2. The van der Waals surface area contributed by atoms with Crippen LogP contribution in [-0.2, 0) is 11.2 Å². The number of nitrogens with zero attached hydrogens (tertiary/aromatic N) is 4. The number of hydrogen-bond donors (Lipinski definition) is 0. The minimum Gasteiger partial charge on any atom is -0.496 e. The summed E-state index contributed by atoms with van der Waals surface area (Å²) >= 11 is 0. The molecule has 26 heavy (non-hydrogen) atoms. The predicted molar refractivity (Wildman–Crippen MR) is 95.8 cm³/mol. The highest BCUT2D eigenvalue weighted by molar-refractivity contribution is 5.92. The number of methoxy groups -OCH3 is 1. The summed E-state index contributed by atoms with van der Waals surface area (Å²) in [5, 5.41) is 0. The number of hydrogen-bond acceptors (Lipinski definition) is 5. The maximum Gasteiger partial charge on any atom is 0.274 e. The Morgan fingerprint density at radius 1 is 1.08 bits per heavy atom. The van der Waals surface area contributed by atoms with Gasteiger partial charge in [0.2, 0.25) is 5.91 Å². The highest BCUT2D eigenvalue weighted by atomic mass is 16.5. The first kappa shape index (κ1) is 17.8. The van der Waals surface area contributed by atoms with E-state index >= 15 is 0 Å². The van der Waals surface area contributed by atoms with E-state index in [2.05, 4.69) is 9.97 Å². The van der Waals surface area contributed by atoms with Gasteiger partial charge in [0.05, 0.1) is 19.7 Å². The zero-order valence-electron chi connectivity index (χ0n) is 14.8. The smallest absolute Gasteiger partial charge is 0.274 e. The van der Waals surface area contributed by atoms with Crippen molar-refractivity contribution < 1.29 is 14.3 Å². The van der Waals surface area contributed by atoms with E-state index in [9.17, 15) is 9.59 Å². The summed E-state index contributed by atoms with van der Waals surface area (Å²) in [6.45, 7) is 2.25. The monoisotopic (exact) mass is 354 g/mol. The van der Waals surface area contributed by atoms with E-state index in [-0.39, 0.29) is 11.8 Å². The molecule has 0 aliphatic carbocycles. The lowest BCUT2D eigenvalue weighted by molar-refractivity contribution is -0.130. The van der Waals surface area contributed by atoms with Crippen molar-refractivity contribution in [1.82, 2.24) is 19.8 Å². The number of ether oxygens (including phenoxy) is 1. The number of carbonyl (C=O) groups excluding carboxylic acids is 2. The van der Waals surface area contributed by atoms with Crippen molar-refractivity contribution in [3.05, 3.63) is 54.1 Å². The van der Waals surface area contributed by atoms with Gasteiger partial charge in [-0.05, 0) is 12.5 Å². The van der Waals surface area contributed by atoms with Gasteiger partial charge in [0.1, 0.15) is 11.4 Å². The first-order valence-corrected chi connectivity index (χ1v) is 8.64. The Hall–Kier alpha value is -2.96. The Morgan fingerprint density at radius 2 is 1.85 bits per heavy atom. The molecule has 0 atom stereocenters. The largest absolute Gasteiger partial charge is 0.496 e. The first-order chi connectivity index (χ1) is 12.7. The molecule has 0 unspecified atom stereocenters. The summed E-state index contributed by atoms with van der Waals surface area (Å²) in [5.41, 5.74) is 1.21. The van der Waals surface area contributed by atoms with Gasteiger partial charge in [-0.1, -0.05) is 18.2 Å². The molecule has 1 aliphatic heterocycles. The Bertz CT molecular complexity index is 766. The Balaban J connectivity index is 1.61. The van der Waals surface area contributed by atoms with Crippen molar-refractivity contribution in [2.75, 3.05) is 33.3 Å². The van der Waals surface area contributed by atoms with E-state index in [0.29, 0.717) is 38.3 Å². The van der Waals surface area contributed by atoms with E-state index in [1.54, 1.807) is 12.0 Å². The molecule has 3 rings (SSSR count). The third-order valence-electron chi connectivity index (χ3n) is 4.45. The molecule has 0 bridgehead atoms. The average Bonchev–Trinajstić information content (AvgIpc) is 2.95. The standard InChI is InChI=1S/C19H22N4O3/c1-26-17-6-3-2-5-15(17)13-18(24)22-9-4-10-23(12-11-22)19(25)16-14-20-7-8-21-16/h2-3,5-8,14H,4,9-13H2,1H3. The van der Waals surface area contributed by atoms with E-state index < -0.39 is 0 Å². The van der Waals surface area contributed by atoms with Crippen molar-refractivity contribution in [3.63, 3.8) is 0 Å².